The molecule has 0 aliphatic heterocycles. The van der Waals surface area contributed by atoms with Crippen LogP contribution in [0.4, 0.5) is 5.69 Å². The maximum atomic E-state index is 12.2. The molecule has 0 fully saturated rings. The third kappa shape index (κ3) is 4.23. The largest absolute Gasteiger partial charge is 0.322 e. The molecule has 0 radical (unpaired) electrons. The fraction of sp³-hybridized carbons (Fsp3) is 0.235. The number of amides is 1. The summed E-state index contributed by atoms with van der Waals surface area (Å²) in [5.74, 6) is -0.260. The van der Waals surface area contributed by atoms with Crippen molar-refractivity contribution in [2.75, 3.05) is 5.32 Å². The van der Waals surface area contributed by atoms with Gasteiger partial charge in [-0.3, -0.25) is 4.79 Å². The number of carbonyl (C=O) groups is 1. The number of anilines is 1. The molecule has 1 N–H and O–H groups in total. The standard InChI is InChI=1S/C17H17Cl2NO/c1-2-3-5-12-8-10-13(11-9-12)20-17(21)14-6-4-7-15(18)16(14)19/h4,6-11H,2-3,5H2,1H3,(H,20,21). The molecule has 2 aromatic carbocycles. The molecule has 0 heterocycles. The number of halogens is 2. The van der Waals surface area contributed by atoms with E-state index in [0.717, 1.165) is 12.1 Å². The van der Waals surface area contributed by atoms with E-state index >= 15 is 0 Å². The molecule has 2 nitrogen and oxygen atoms in total. The quantitative estimate of drug-likeness (QED) is 0.764. The second-order valence-corrected chi connectivity index (χ2v) is 5.64. The van der Waals surface area contributed by atoms with Gasteiger partial charge in [0.1, 0.15) is 0 Å². The van der Waals surface area contributed by atoms with Crippen LogP contribution in [0.1, 0.15) is 35.7 Å². The van der Waals surface area contributed by atoms with Crippen LogP contribution in [0.15, 0.2) is 42.5 Å². The molecule has 0 bridgehead atoms. The Morgan fingerprint density at radius 2 is 1.81 bits per heavy atom. The van der Waals surface area contributed by atoms with Gasteiger partial charge in [-0.05, 0) is 42.7 Å². The molecule has 110 valence electrons. The Bertz CT molecular complexity index is 623. The van der Waals surface area contributed by atoms with Crippen LogP contribution in [0, 0.1) is 0 Å². The lowest BCUT2D eigenvalue weighted by Gasteiger charge is -2.08. The fourth-order valence-electron chi connectivity index (χ4n) is 2.01. The normalized spacial score (nSPS) is 10.4. The van der Waals surface area contributed by atoms with Gasteiger partial charge in [0.15, 0.2) is 0 Å². The zero-order chi connectivity index (χ0) is 15.2. The molecule has 0 aliphatic carbocycles. The average molecular weight is 322 g/mol. The van der Waals surface area contributed by atoms with Crippen LogP contribution < -0.4 is 5.32 Å². The van der Waals surface area contributed by atoms with E-state index in [1.165, 1.54) is 18.4 Å². The van der Waals surface area contributed by atoms with Crippen LogP contribution in [0.2, 0.25) is 10.0 Å². The first-order valence-corrected chi connectivity index (χ1v) is 7.71. The zero-order valence-electron chi connectivity index (χ0n) is 11.8. The summed E-state index contributed by atoms with van der Waals surface area (Å²) >= 11 is 12.0. The summed E-state index contributed by atoms with van der Waals surface area (Å²) in [5.41, 5.74) is 2.39. The predicted octanol–water partition coefficient (Wildman–Crippen LogP) is 5.59. The van der Waals surface area contributed by atoms with E-state index in [1.807, 2.05) is 24.3 Å². The molecule has 0 atom stereocenters. The van der Waals surface area contributed by atoms with Crippen molar-refractivity contribution >= 4 is 34.8 Å². The van der Waals surface area contributed by atoms with Crippen LogP contribution in [0.5, 0.6) is 0 Å². The lowest BCUT2D eigenvalue weighted by Crippen LogP contribution is -2.12. The topological polar surface area (TPSA) is 29.1 Å². The summed E-state index contributed by atoms with van der Waals surface area (Å²) in [6.45, 7) is 2.17. The van der Waals surface area contributed by atoms with E-state index in [9.17, 15) is 4.79 Å². The van der Waals surface area contributed by atoms with E-state index in [2.05, 4.69) is 12.2 Å². The Hall–Kier alpha value is -1.51. The number of unbranched alkanes of at least 4 members (excludes halogenated alkanes) is 1. The Morgan fingerprint density at radius 3 is 2.48 bits per heavy atom. The number of benzene rings is 2. The summed E-state index contributed by atoms with van der Waals surface area (Å²) in [5, 5.41) is 3.48. The molecular weight excluding hydrogens is 305 g/mol. The van der Waals surface area contributed by atoms with Gasteiger partial charge in [0.25, 0.3) is 5.91 Å². The summed E-state index contributed by atoms with van der Waals surface area (Å²) in [6, 6.07) is 12.9. The van der Waals surface area contributed by atoms with Crippen molar-refractivity contribution in [3.8, 4) is 0 Å². The van der Waals surface area contributed by atoms with Crippen molar-refractivity contribution < 1.29 is 4.79 Å². The SMILES string of the molecule is CCCCc1ccc(NC(=O)c2cccc(Cl)c2Cl)cc1. The first-order chi connectivity index (χ1) is 10.1. The van der Waals surface area contributed by atoms with Crippen LogP contribution >= 0.6 is 23.2 Å². The van der Waals surface area contributed by atoms with Gasteiger partial charge in [0, 0.05) is 5.69 Å². The second-order valence-electron chi connectivity index (χ2n) is 4.86. The van der Waals surface area contributed by atoms with Gasteiger partial charge in [-0.15, -0.1) is 0 Å². The molecular formula is C17H17Cl2NO. The highest BCUT2D eigenvalue weighted by Crippen LogP contribution is 2.26. The maximum absolute atomic E-state index is 12.2. The van der Waals surface area contributed by atoms with E-state index in [0.29, 0.717) is 10.6 Å². The number of nitrogens with one attached hydrogen (secondary N) is 1. The van der Waals surface area contributed by atoms with Crippen LogP contribution in [-0.2, 0) is 6.42 Å². The maximum Gasteiger partial charge on any atom is 0.257 e. The number of aryl methyl sites for hydroxylation is 1. The van der Waals surface area contributed by atoms with Crippen molar-refractivity contribution in [3.63, 3.8) is 0 Å². The highest BCUT2D eigenvalue weighted by molar-refractivity contribution is 6.44. The summed E-state index contributed by atoms with van der Waals surface area (Å²) < 4.78 is 0. The van der Waals surface area contributed by atoms with E-state index in [1.54, 1.807) is 18.2 Å². The van der Waals surface area contributed by atoms with Crippen molar-refractivity contribution in [1.29, 1.82) is 0 Å². The van der Waals surface area contributed by atoms with Crippen molar-refractivity contribution in [3.05, 3.63) is 63.6 Å². The van der Waals surface area contributed by atoms with Crippen molar-refractivity contribution in [2.45, 2.75) is 26.2 Å². The average Bonchev–Trinajstić information content (AvgIpc) is 2.49. The molecule has 2 aromatic rings. The highest BCUT2D eigenvalue weighted by Gasteiger charge is 2.12. The fourth-order valence-corrected chi connectivity index (χ4v) is 2.40. The molecule has 4 heteroatoms. The molecule has 0 saturated carbocycles. The lowest BCUT2D eigenvalue weighted by atomic mass is 10.1. The number of hydrogen-bond donors (Lipinski definition) is 1. The highest BCUT2D eigenvalue weighted by atomic mass is 35.5. The molecule has 0 aromatic heterocycles. The lowest BCUT2D eigenvalue weighted by molar-refractivity contribution is 0.102. The molecule has 0 aliphatic rings. The van der Waals surface area contributed by atoms with Crippen LogP contribution in [-0.4, -0.2) is 5.91 Å². The van der Waals surface area contributed by atoms with Gasteiger partial charge in [-0.25, -0.2) is 0 Å². The minimum Gasteiger partial charge on any atom is -0.322 e. The van der Waals surface area contributed by atoms with E-state index in [-0.39, 0.29) is 10.9 Å². The van der Waals surface area contributed by atoms with Crippen LogP contribution in [0.25, 0.3) is 0 Å². The first kappa shape index (κ1) is 15.9. The molecule has 1 amide bonds. The minimum absolute atomic E-state index is 0.260. The van der Waals surface area contributed by atoms with Gasteiger partial charge < -0.3 is 5.32 Å². The third-order valence-electron chi connectivity index (χ3n) is 3.23. The van der Waals surface area contributed by atoms with Crippen LogP contribution in [0.3, 0.4) is 0 Å². The predicted molar refractivity (Wildman–Crippen MR) is 89.5 cm³/mol. The Morgan fingerprint density at radius 1 is 1.10 bits per heavy atom. The Balaban J connectivity index is 2.07. The summed E-state index contributed by atoms with van der Waals surface area (Å²) in [4.78, 5) is 12.2. The summed E-state index contributed by atoms with van der Waals surface area (Å²) in [7, 11) is 0. The molecule has 2 rings (SSSR count). The summed E-state index contributed by atoms with van der Waals surface area (Å²) in [6.07, 6.45) is 3.40. The van der Waals surface area contributed by atoms with Crippen molar-refractivity contribution in [2.24, 2.45) is 0 Å². The van der Waals surface area contributed by atoms with E-state index in [4.69, 9.17) is 23.2 Å². The molecule has 0 unspecified atom stereocenters. The Kier molecular flexibility index (Phi) is 5.66. The van der Waals surface area contributed by atoms with Gasteiger partial charge in [0.2, 0.25) is 0 Å². The minimum atomic E-state index is -0.260. The molecule has 0 spiro atoms. The smallest absolute Gasteiger partial charge is 0.257 e. The van der Waals surface area contributed by atoms with Gasteiger partial charge in [-0.1, -0.05) is 54.7 Å². The molecule has 0 saturated heterocycles. The van der Waals surface area contributed by atoms with Crippen molar-refractivity contribution in [1.82, 2.24) is 0 Å². The second kappa shape index (κ2) is 7.48. The number of rotatable bonds is 5. The Labute approximate surface area is 135 Å². The third-order valence-corrected chi connectivity index (χ3v) is 4.05. The number of hydrogen-bond acceptors (Lipinski definition) is 1. The first-order valence-electron chi connectivity index (χ1n) is 6.96. The molecule has 21 heavy (non-hydrogen) atoms. The zero-order valence-corrected chi connectivity index (χ0v) is 13.3. The number of carbonyl (C=O) groups excluding carboxylic acids is 1. The van der Waals surface area contributed by atoms with Gasteiger partial charge >= 0.3 is 0 Å². The monoisotopic (exact) mass is 321 g/mol. The van der Waals surface area contributed by atoms with E-state index < -0.39 is 0 Å². The van der Waals surface area contributed by atoms with Gasteiger partial charge in [-0.2, -0.15) is 0 Å². The van der Waals surface area contributed by atoms with Gasteiger partial charge in [0.05, 0.1) is 15.6 Å².